The van der Waals surface area contributed by atoms with Crippen molar-refractivity contribution in [2.45, 2.75) is 32.6 Å². The number of rotatable bonds is 5. The summed E-state index contributed by atoms with van der Waals surface area (Å²) in [5.41, 5.74) is 7.64. The minimum absolute atomic E-state index is 0.163. The van der Waals surface area contributed by atoms with Crippen LogP contribution in [0.2, 0.25) is 5.02 Å². The van der Waals surface area contributed by atoms with E-state index in [0.29, 0.717) is 17.5 Å². The fraction of sp³-hybridized carbons (Fsp3) is 0.179. The zero-order valence-corrected chi connectivity index (χ0v) is 18.8. The second kappa shape index (κ2) is 9.23. The molecule has 4 aromatic rings. The van der Waals surface area contributed by atoms with E-state index >= 15 is 0 Å². The molecule has 4 heteroatoms. The van der Waals surface area contributed by atoms with Crippen molar-refractivity contribution in [2.24, 2.45) is 0 Å². The minimum atomic E-state index is 0.163. The van der Waals surface area contributed by atoms with Crippen molar-refractivity contribution in [3.63, 3.8) is 0 Å². The van der Waals surface area contributed by atoms with Crippen molar-refractivity contribution in [2.75, 3.05) is 0 Å². The van der Waals surface area contributed by atoms with Crippen molar-refractivity contribution < 1.29 is 0 Å². The van der Waals surface area contributed by atoms with E-state index in [-0.39, 0.29) is 5.92 Å². The molecule has 0 fully saturated rings. The third-order valence-corrected chi connectivity index (χ3v) is 6.40. The lowest BCUT2D eigenvalue weighted by molar-refractivity contribution is 0.923. The van der Waals surface area contributed by atoms with Crippen LogP contribution in [0.25, 0.3) is 10.9 Å². The number of nitriles is 2. The molecule has 0 bridgehead atoms. The maximum absolute atomic E-state index is 9.05. The summed E-state index contributed by atoms with van der Waals surface area (Å²) >= 11 is 6.97. The summed E-state index contributed by atoms with van der Waals surface area (Å²) < 4.78 is 0. The molecule has 1 atom stereocenters. The maximum atomic E-state index is 9.05. The fourth-order valence-electron chi connectivity index (χ4n) is 4.01. The van der Waals surface area contributed by atoms with Crippen LogP contribution in [-0.2, 0) is 12.8 Å². The van der Waals surface area contributed by atoms with Crippen LogP contribution in [0.15, 0.2) is 66.7 Å². The molecule has 0 radical (unpaired) electrons. The Morgan fingerprint density at radius 2 is 1.47 bits per heavy atom. The van der Waals surface area contributed by atoms with Gasteiger partial charge in [0.25, 0.3) is 0 Å². The van der Waals surface area contributed by atoms with E-state index in [9.17, 15) is 0 Å². The average molecular weight is 436 g/mol. The number of fused-ring (bicyclic) bond motifs is 1. The molecule has 4 rings (SSSR count). The molecule has 3 aromatic carbocycles. The van der Waals surface area contributed by atoms with Gasteiger partial charge in [-0.3, -0.25) is 4.98 Å². The zero-order valence-electron chi connectivity index (χ0n) is 18.1. The molecule has 0 amide bonds. The zero-order chi connectivity index (χ0) is 22.7. The molecule has 3 nitrogen and oxygen atoms in total. The molecule has 32 heavy (non-hydrogen) atoms. The summed E-state index contributed by atoms with van der Waals surface area (Å²) in [6.45, 7) is 4.25. The SMILES string of the molecule is CCc1nc2ccc(C(C)c3ccc(C#N)cc3)cc2c(Cl)c1Cc1ccc(C#N)cc1. The molecule has 0 saturated heterocycles. The molecular formula is C28H22ClN3. The summed E-state index contributed by atoms with van der Waals surface area (Å²) in [6, 6.07) is 25.9. The third kappa shape index (κ3) is 4.22. The number of aryl methyl sites for hydroxylation is 1. The number of halogens is 1. The van der Waals surface area contributed by atoms with Crippen LogP contribution in [-0.4, -0.2) is 4.98 Å². The lowest BCUT2D eigenvalue weighted by Gasteiger charge is -2.16. The summed E-state index contributed by atoms with van der Waals surface area (Å²) in [7, 11) is 0. The van der Waals surface area contributed by atoms with E-state index in [0.717, 1.165) is 50.3 Å². The van der Waals surface area contributed by atoms with E-state index in [4.69, 9.17) is 27.1 Å². The molecule has 0 spiro atoms. The Labute approximate surface area is 193 Å². The normalized spacial score (nSPS) is 11.7. The van der Waals surface area contributed by atoms with Gasteiger partial charge in [0.15, 0.2) is 0 Å². The van der Waals surface area contributed by atoms with E-state index < -0.39 is 0 Å². The smallest absolute Gasteiger partial charge is 0.0991 e. The Bertz CT molecular complexity index is 1360. The quantitative estimate of drug-likeness (QED) is 0.341. The van der Waals surface area contributed by atoms with E-state index in [2.05, 4.69) is 38.1 Å². The Kier molecular flexibility index (Phi) is 6.22. The second-order valence-electron chi connectivity index (χ2n) is 7.92. The highest BCUT2D eigenvalue weighted by Gasteiger charge is 2.16. The van der Waals surface area contributed by atoms with Crippen molar-refractivity contribution in [3.05, 3.63) is 111 Å². The number of hydrogen-bond acceptors (Lipinski definition) is 3. The molecule has 0 aliphatic heterocycles. The summed E-state index contributed by atoms with van der Waals surface area (Å²) in [5.74, 6) is 0.163. The Morgan fingerprint density at radius 1 is 0.875 bits per heavy atom. The topological polar surface area (TPSA) is 60.5 Å². The van der Waals surface area contributed by atoms with Crippen LogP contribution in [0.4, 0.5) is 0 Å². The predicted octanol–water partition coefficient (Wildman–Crippen LogP) is 6.94. The lowest BCUT2D eigenvalue weighted by atomic mass is 9.91. The third-order valence-electron chi connectivity index (χ3n) is 5.96. The van der Waals surface area contributed by atoms with Gasteiger partial charge >= 0.3 is 0 Å². The predicted molar refractivity (Wildman–Crippen MR) is 129 cm³/mol. The second-order valence-corrected chi connectivity index (χ2v) is 8.30. The monoisotopic (exact) mass is 435 g/mol. The molecule has 0 aliphatic carbocycles. The number of benzene rings is 3. The van der Waals surface area contributed by atoms with E-state index in [1.807, 2.05) is 54.6 Å². The largest absolute Gasteiger partial charge is 0.252 e. The number of nitrogens with zero attached hydrogens (tertiary/aromatic N) is 3. The lowest BCUT2D eigenvalue weighted by Crippen LogP contribution is -2.02. The standard InChI is InChI=1S/C28H22ClN3/c1-3-26-24(14-19-4-6-20(16-30)7-5-19)28(29)25-15-23(12-13-27(25)32-26)18(2)22-10-8-21(17-31)9-11-22/h4-13,15,18H,3,14H2,1-2H3. The number of hydrogen-bond donors (Lipinski definition) is 0. The van der Waals surface area contributed by atoms with Crippen LogP contribution in [0, 0.1) is 22.7 Å². The Morgan fingerprint density at radius 3 is 2.06 bits per heavy atom. The first kappa shape index (κ1) is 21.6. The highest BCUT2D eigenvalue weighted by atomic mass is 35.5. The van der Waals surface area contributed by atoms with Crippen molar-refractivity contribution >= 4 is 22.5 Å². The van der Waals surface area contributed by atoms with Gasteiger partial charge in [0, 0.05) is 23.4 Å². The molecule has 1 heterocycles. The van der Waals surface area contributed by atoms with Gasteiger partial charge in [-0.05, 0) is 65.1 Å². The summed E-state index contributed by atoms with van der Waals surface area (Å²) in [5, 5.41) is 19.8. The average Bonchev–Trinajstić information content (AvgIpc) is 2.85. The highest BCUT2D eigenvalue weighted by Crippen LogP contribution is 2.34. The maximum Gasteiger partial charge on any atom is 0.0991 e. The summed E-state index contributed by atoms with van der Waals surface area (Å²) in [6.07, 6.45) is 1.47. The van der Waals surface area contributed by atoms with Crippen molar-refractivity contribution in [3.8, 4) is 12.1 Å². The Balaban J connectivity index is 1.75. The van der Waals surface area contributed by atoms with Gasteiger partial charge in [-0.2, -0.15) is 10.5 Å². The first-order valence-corrected chi connectivity index (χ1v) is 11.0. The van der Waals surface area contributed by atoms with Gasteiger partial charge in [0.2, 0.25) is 0 Å². The highest BCUT2D eigenvalue weighted by molar-refractivity contribution is 6.36. The minimum Gasteiger partial charge on any atom is -0.252 e. The van der Waals surface area contributed by atoms with Gasteiger partial charge in [-0.1, -0.05) is 55.8 Å². The molecule has 0 saturated carbocycles. The van der Waals surface area contributed by atoms with Crippen LogP contribution < -0.4 is 0 Å². The van der Waals surface area contributed by atoms with Gasteiger partial charge in [-0.15, -0.1) is 0 Å². The molecule has 0 aliphatic rings. The molecule has 1 aromatic heterocycles. The first-order valence-electron chi connectivity index (χ1n) is 10.6. The van der Waals surface area contributed by atoms with Crippen LogP contribution in [0.1, 0.15) is 58.8 Å². The van der Waals surface area contributed by atoms with Gasteiger partial charge in [-0.25, -0.2) is 0 Å². The van der Waals surface area contributed by atoms with Crippen LogP contribution >= 0.6 is 11.6 Å². The van der Waals surface area contributed by atoms with E-state index in [1.165, 1.54) is 0 Å². The van der Waals surface area contributed by atoms with Crippen molar-refractivity contribution in [1.82, 2.24) is 4.98 Å². The van der Waals surface area contributed by atoms with Crippen LogP contribution in [0.3, 0.4) is 0 Å². The molecule has 1 unspecified atom stereocenters. The fourth-order valence-corrected chi connectivity index (χ4v) is 4.34. The first-order chi connectivity index (χ1) is 15.5. The molecule has 0 N–H and O–H groups in total. The number of aromatic nitrogens is 1. The van der Waals surface area contributed by atoms with E-state index in [1.54, 1.807) is 0 Å². The van der Waals surface area contributed by atoms with Crippen LogP contribution in [0.5, 0.6) is 0 Å². The number of pyridine rings is 1. The van der Waals surface area contributed by atoms with Gasteiger partial charge in [0.1, 0.15) is 0 Å². The van der Waals surface area contributed by atoms with Gasteiger partial charge in [0.05, 0.1) is 33.8 Å². The Hall–Kier alpha value is -3.66. The van der Waals surface area contributed by atoms with Crippen molar-refractivity contribution in [1.29, 1.82) is 10.5 Å². The molecule has 156 valence electrons. The molecular weight excluding hydrogens is 414 g/mol. The van der Waals surface area contributed by atoms with Gasteiger partial charge < -0.3 is 0 Å². The summed E-state index contributed by atoms with van der Waals surface area (Å²) in [4.78, 5) is 4.91.